The molecule has 1 heterocycles. The Labute approximate surface area is 111 Å². The molecule has 100 valence electrons. The Kier molecular flexibility index (Phi) is 1.97. The van der Waals surface area contributed by atoms with Crippen LogP contribution in [0, 0.1) is 23.7 Å². The Morgan fingerprint density at radius 3 is 2.47 bits per heavy atom. The second kappa shape index (κ2) is 3.25. The SMILES string of the molecule is CC(C)=C1[C@@H]2C=C[C@@H]1[C@H]1C(=O)[C@@H]3O[C@]3(CO)C(=O)[C@H]12. The molecular formula is C15H16O4. The highest BCUT2D eigenvalue weighted by atomic mass is 16.6. The van der Waals surface area contributed by atoms with Gasteiger partial charge in [0.15, 0.2) is 23.3 Å². The van der Waals surface area contributed by atoms with Crippen LogP contribution in [0.4, 0.5) is 0 Å². The lowest BCUT2D eigenvalue weighted by Gasteiger charge is -2.30. The second-order valence-corrected chi connectivity index (χ2v) is 6.26. The molecule has 0 radical (unpaired) electrons. The first-order valence-electron chi connectivity index (χ1n) is 6.75. The van der Waals surface area contributed by atoms with Crippen molar-refractivity contribution in [2.24, 2.45) is 23.7 Å². The van der Waals surface area contributed by atoms with Crippen LogP contribution in [0.25, 0.3) is 0 Å². The van der Waals surface area contributed by atoms with E-state index in [0.717, 1.165) is 0 Å². The molecule has 1 aliphatic heterocycles. The highest BCUT2D eigenvalue weighted by Crippen LogP contribution is 2.61. The number of epoxide rings is 1. The lowest BCUT2D eigenvalue weighted by molar-refractivity contribution is -0.139. The predicted molar refractivity (Wildman–Crippen MR) is 66.2 cm³/mol. The van der Waals surface area contributed by atoms with E-state index in [4.69, 9.17) is 4.74 Å². The maximum absolute atomic E-state index is 12.6. The molecule has 0 aromatic carbocycles. The van der Waals surface area contributed by atoms with Crippen LogP contribution in [0.15, 0.2) is 23.3 Å². The fraction of sp³-hybridized carbons (Fsp3) is 0.600. The van der Waals surface area contributed by atoms with Gasteiger partial charge in [0.2, 0.25) is 0 Å². The largest absolute Gasteiger partial charge is 0.393 e. The summed E-state index contributed by atoms with van der Waals surface area (Å²) in [5, 5.41) is 9.42. The molecule has 0 unspecified atom stereocenters. The van der Waals surface area contributed by atoms with Gasteiger partial charge in [-0.1, -0.05) is 23.3 Å². The summed E-state index contributed by atoms with van der Waals surface area (Å²) in [7, 11) is 0. The summed E-state index contributed by atoms with van der Waals surface area (Å²) >= 11 is 0. The smallest absolute Gasteiger partial charge is 0.183 e. The zero-order valence-corrected chi connectivity index (χ0v) is 10.9. The van der Waals surface area contributed by atoms with Crippen molar-refractivity contribution in [3.8, 4) is 0 Å². The van der Waals surface area contributed by atoms with Gasteiger partial charge >= 0.3 is 0 Å². The number of aliphatic hydroxyl groups is 1. The molecule has 4 heteroatoms. The summed E-state index contributed by atoms with van der Waals surface area (Å²) in [6.07, 6.45) is 3.42. The summed E-state index contributed by atoms with van der Waals surface area (Å²) < 4.78 is 5.30. The first-order chi connectivity index (χ1) is 9.03. The van der Waals surface area contributed by atoms with Crippen LogP contribution in [0.1, 0.15) is 13.8 Å². The normalized spacial score (nSPS) is 49.4. The lowest BCUT2D eigenvalue weighted by Crippen LogP contribution is -2.50. The average molecular weight is 260 g/mol. The second-order valence-electron chi connectivity index (χ2n) is 6.26. The summed E-state index contributed by atoms with van der Waals surface area (Å²) in [6, 6.07) is 0. The van der Waals surface area contributed by atoms with E-state index in [1.165, 1.54) is 11.1 Å². The van der Waals surface area contributed by atoms with Crippen LogP contribution in [-0.4, -0.2) is 35.0 Å². The molecule has 1 N–H and O–H groups in total. The van der Waals surface area contributed by atoms with Crippen LogP contribution < -0.4 is 0 Å². The van der Waals surface area contributed by atoms with Crippen LogP contribution in [0.3, 0.4) is 0 Å². The fourth-order valence-electron chi connectivity index (χ4n) is 4.40. The number of carbonyl (C=O) groups is 2. The Bertz CT molecular complexity index is 569. The van der Waals surface area contributed by atoms with Crippen molar-refractivity contribution in [1.82, 2.24) is 0 Å². The van der Waals surface area contributed by atoms with Crippen molar-refractivity contribution in [2.75, 3.05) is 6.61 Å². The number of hydrogen-bond acceptors (Lipinski definition) is 4. The summed E-state index contributed by atoms with van der Waals surface area (Å²) in [4.78, 5) is 25.1. The molecule has 4 nitrogen and oxygen atoms in total. The number of fused-ring (bicyclic) bond motifs is 6. The molecule has 3 aliphatic carbocycles. The minimum atomic E-state index is -1.21. The van der Waals surface area contributed by atoms with Crippen molar-refractivity contribution in [2.45, 2.75) is 25.6 Å². The maximum Gasteiger partial charge on any atom is 0.183 e. The number of Topliss-reactive ketones (excluding diaryl/α,β-unsaturated/α-hetero) is 2. The number of hydrogen-bond donors (Lipinski definition) is 1. The molecule has 0 aromatic rings. The zero-order valence-electron chi connectivity index (χ0n) is 10.9. The molecule has 0 amide bonds. The third-order valence-corrected chi connectivity index (χ3v) is 5.22. The van der Waals surface area contributed by atoms with E-state index in [9.17, 15) is 14.7 Å². The average Bonchev–Trinajstić information content (AvgIpc) is 2.88. The fourth-order valence-corrected chi connectivity index (χ4v) is 4.40. The first kappa shape index (κ1) is 11.6. The van der Waals surface area contributed by atoms with Gasteiger partial charge in [0.05, 0.1) is 6.61 Å². The zero-order chi connectivity index (χ0) is 13.5. The third-order valence-electron chi connectivity index (χ3n) is 5.22. The van der Waals surface area contributed by atoms with Gasteiger partial charge in [-0.2, -0.15) is 0 Å². The first-order valence-corrected chi connectivity index (χ1v) is 6.75. The van der Waals surface area contributed by atoms with E-state index in [2.05, 4.69) is 6.08 Å². The van der Waals surface area contributed by atoms with E-state index in [-0.39, 0.29) is 41.8 Å². The minimum Gasteiger partial charge on any atom is -0.393 e. The van der Waals surface area contributed by atoms with Crippen LogP contribution in [0.2, 0.25) is 0 Å². The van der Waals surface area contributed by atoms with Crippen molar-refractivity contribution in [3.05, 3.63) is 23.3 Å². The molecule has 3 fully saturated rings. The number of ether oxygens (including phenoxy) is 1. The van der Waals surface area contributed by atoms with Crippen molar-refractivity contribution in [1.29, 1.82) is 0 Å². The van der Waals surface area contributed by atoms with Crippen molar-refractivity contribution >= 4 is 11.6 Å². The highest BCUT2D eigenvalue weighted by Gasteiger charge is 2.75. The third kappa shape index (κ3) is 1.09. The van der Waals surface area contributed by atoms with E-state index < -0.39 is 11.7 Å². The quantitative estimate of drug-likeness (QED) is 0.555. The molecular weight excluding hydrogens is 244 g/mol. The highest BCUT2D eigenvalue weighted by molar-refractivity contribution is 6.10. The standard InChI is InChI=1S/C15H16O4/c1-6(2)9-7-3-4-8(9)11-10(7)12(17)14-15(5-16,19-14)13(11)18/h3-4,7-8,10-11,14,16H,5H2,1-2H3/t7-,8-,10+,11-,14-,15+/m0/s1. The van der Waals surface area contributed by atoms with Gasteiger partial charge in [-0.3, -0.25) is 9.59 Å². The molecule has 0 aromatic heterocycles. The Morgan fingerprint density at radius 1 is 1.26 bits per heavy atom. The van der Waals surface area contributed by atoms with Gasteiger partial charge in [-0.05, 0) is 13.8 Å². The Hall–Kier alpha value is -1.26. The van der Waals surface area contributed by atoms with Crippen LogP contribution in [0.5, 0.6) is 0 Å². The van der Waals surface area contributed by atoms with Gasteiger partial charge in [0, 0.05) is 23.7 Å². The molecule has 4 rings (SSSR count). The molecule has 0 spiro atoms. The van der Waals surface area contributed by atoms with E-state index in [0.29, 0.717) is 0 Å². The van der Waals surface area contributed by atoms with Crippen molar-refractivity contribution < 1.29 is 19.4 Å². The molecule has 4 aliphatic rings. The van der Waals surface area contributed by atoms with E-state index in [1.807, 2.05) is 19.9 Å². The topological polar surface area (TPSA) is 66.9 Å². The Balaban J connectivity index is 1.85. The monoisotopic (exact) mass is 260 g/mol. The van der Waals surface area contributed by atoms with Gasteiger partial charge in [-0.15, -0.1) is 0 Å². The molecule has 6 atom stereocenters. The minimum absolute atomic E-state index is 0.00856. The number of allylic oxidation sites excluding steroid dienone is 4. The van der Waals surface area contributed by atoms with Crippen LogP contribution >= 0.6 is 0 Å². The Morgan fingerprint density at radius 2 is 1.89 bits per heavy atom. The summed E-state index contributed by atoms with van der Waals surface area (Å²) in [5.74, 6) is -0.547. The number of aliphatic hydroxyl groups excluding tert-OH is 1. The molecule has 2 saturated carbocycles. The number of ketones is 2. The number of carbonyl (C=O) groups excluding carboxylic acids is 2. The lowest BCUT2D eigenvalue weighted by atomic mass is 9.68. The summed E-state index contributed by atoms with van der Waals surface area (Å²) in [5.41, 5.74) is 1.22. The van der Waals surface area contributed by atoms with Gasteiger partial charge in [0.25, 0.3) is 0 Å². The van der Waals surface area contributed by atoms with Crippen LogP contribution in [-0.2, 0) is 14.3 Å². The van der Waals surface area contributed by atoms with E-state index in [1.54, 1.807) is 0 Å². The number of rotatable bonds is 1. The summed E-state index contributed by atoms with van der Waals surface area (Å²) in [6.45, 7) is 3.69. The molecule has 19 heavy (non-hydrogen) atoms. The van der Waals surface area contributed by atoms with Gasteiger partial charge < -0.3 is 9.84 Å². The van der Waals surface area contributed by atoms with Crippen molar-refractivity contribution in [3.63, 3.8) is 0 Å². The van der Waals surface area contributed by atoms with Gasteiger partial charge in [0.1, 0.15) is 0 Å². The maximum atomic E-state index is 12.6. The van der Waals surface area contributed by atoms with E-state index >= 15 is 0 Å². The molecule has 2 bridgehead atoms. The molecule has 1 saturated heterocycles. The predicted octanol–water partition coefficient (Wildman–Crippen LogP) is 0.653. The van der Waals surface area contributed by atoms with Gasteiger partial charge in [-0.25, -0.2) is 0 Å².